The lowest BCUT2D eigenvalue weighted by Gasteiger charge is -2.30. The van der Waals surface area contributed by atoms with Gasteiger partial charge in [-0.3, -0.25) is 4.90 Å². The Morgan fingerprint density at radius 2 is 2.24 bits per heavy atom. The van der Waals surface area contributed by atoms with Gasteiger partial charge in [-0.25, -0.2) is 4.79 Å². The Kier molecular flexibility index (Phi) is 7.14. The summed E-state index contributed by atoms with van der Waals surface area (Å²) in [5.41, 5.74) is 5.38. The van der Waals surface area contributed by atoms with Gasteiger partial charge in [-0.15, -0.1) is 11.3 Å². The molecule has 1 aromatic heterocycles. The van der Waals surface area contributed by atoms with Crippen LogP contribution in [0.4, 0.5) is 4.79 Å². The number of nitrogens with one attached hydrogen (secondary N) is 1. The molecule has 1 heterocycles. The van der Waals surface area contributed by atoms with Crippen molar-refractivity contribution in [1.82, 2.24) is 10.2 Å². The summed E-state index contributed by atoms with van der Waals surface area (Å²) in [5, 5.41) is 4.87. The Bertz CT molecular complexity index is 415. The molecule has 0 fully saturated rings. The van der Waals surface area contributed by atoms with E-state index in [9.17, 15) is 4.79 Å². The van der Waals surface area contributed by atoms with Crippen molar-refractivity contribution in [2.45, 2.75) is 45.9 Å². The molecule has 6 heteroatoms. The first-order chi connectivity index (χ1) is 9.85. The zero-order valence-electron chi connectivity index (χ0n) is 13.4. The number of nitrogens with zero attached hydrogens (tertiary/aromatic N) is 1. The second-order valence-corrected chi connectivity index (χ2v) is 6.95. The number of rotatable bonds is 7. The normalized spacial score (nSPS) is 13.2. The van der Waals surface area contributed by atoms with Crippen molar-refractivity contribution in [3.05, 3.63) is 22.4 Å². The molecule has 0 aromatic carbocycles. The standard InChI is InChI=1S/C15H27N3O2S/c1-5-18(11-13-7-6-8-21-13)12(9-16)10-17-14(19)20-15(2,3)4/h6-8,12H,5,9-11,16H2,1-4H3,(H,17,19). The van der Waals surface area contributed by atoms with Gasteiger partial charge in [0, 0.05) is 30.6 Å². The van der Waals surface area contributed by atoms with Crippen molar-refractivity contribution in [2.24, 2.45) is 5.73 Å². The molecular weight excluding hydrogens is 286 g/mol. The van der Waals surface area contributed by atoms with Crippen LogP contribution in [0.15, 0.2) is 17.5 Å². The number of carbonyl (C=O) groups is 1. The van der Waals surface area contributed by atoms with Crippen LogP contribution in [-0.2, 0) is 11.3 Å². The van der Waals surface area contributed by atoms with E-state index in [1.807, 2.05) is 26.8 Å². The van der Waals surface area contributed by atoms with Crippen LogP contribution in [0.3, 0.4) is 0 Å². The van der Waals surface area contributed by atoms with Crippen LogP contribution < -0.4 is 11.1 Å². The first kappa shape index (κ1) is 17.9. The van der Waals surface area contributed by atoms with Gasteiger partial charge in [0.25, 0.3) is 0 Å². The van der Waals surface area contributed by atoms with E-state index in [2.05, 4.69) is 28.6 Å². The summed E-state index contributed by atoms with van der Waals surface area (Å²) in [7, 11) is 0. The smallest absolute Gasteiger partial charge is 0.407 e. The number of thiophene rings is 1. The van der Waals surface area contributed by atoms with E-state index in [0.717, 1.165) is 13.1 Å². The minimum Gasteiger partial charge on any atom is -0.444 e. The number of nitrogens with two attached hydrogens (primary N) is 1. The highest BCUT2D eigenvalue weighted by Crippen LogP contribution is 2.13. The Morgan fingerprint density at radius 1 is 1.52 bits per heavy atom. The number of hydrogen-bond acceptors (Lipinski definition) is 5. The molecule has 1 amide bonds. The van der Waals surface area contributed by atoms with E-state index in [1.54, 1.807) is 11.3 Å². The molecule has 0 aliphatic carbocycles. The average Bonchev–Trinajstić information content (AvgIpc) is 2.88. The number of alkyl carbamates (subject to hydrolysis) is 1. The summed E-state index contributed by atoms with van der Waals surface area (Å²) in [6.07, 6.45) is -0.395. The lowest BCUT2D eigenvalue weighted by atomic mass is 10.2. The number of carbonyl (C=O) groups excluding carboxylic acids is 1. The molecule has 1 unspecified atom stereocenters. The van der Waals surface area contributed by atoms with Gasteiger partial charge in [0.1, 0.15) is 5.60 Å². The van der Waals surface area contributed by atoms with Gasteiger partial charge in [0.15, 0.2) is 0 Å². The molecule has 5 nitrogen and oxygen atoms in total. The minimum absolute atomic E-state index is 0.101. The van der Waals surface area contributed by atoms with Gasteiger partial charge >= 0.3 is 6.09 Å². The molecule has 0 aliphatic rings. The van der Waals surface area contributed by atoms with Crippen molar-refractivity contribution in [3.8, 4) is 0 Å². The molecule has 21 heavy (non-hydrogen) atoms. The molecule has 0 saturated heterocycles. The second kappa shape index (κ2) is 8.36. The molecular formula is C15H27N3O2S. The van der Waals surface area contributed by atoms with E-state index >= 15 is 0 Å². The highest BCUT2D eigenvalue weighted by Gasteiger charge is 2.20. The largest absolute Gasteiger partial charge is 0.444 e. The average molecular weight is 313 g/mol. The lowest BCUT2D eigenvalue weighted by Crippen LogP contribution is -2.48. The van der Waals surface area contributed by atoms with Crippen molar-refractivity contribution in [2.75, 3.05) is 19.6 Å². The van der Waals surface area contributed by atoms with E-state index < -0.39 is 11.7 Å². The zero-order chi connectivity index (χ0) is 15.9. The fourth-order valence-corrected chi connectivity index (χ4v) is 2.71. The molecule has 1 atom stereocenters. The summed E-state index contributed by atoms with van der Waals surface area (Å²) in [6.45, 7) is 10.4. The Labute approximate surface area is 131 Å². The van der Waals surface area contributed by atoms with Gasteiger partial charge in [0.05, 0.1) is 0 Å². The van der Waals surface area contributed by atoms with Crippen LogP contribution in [0.25, 0.3) is 0 Å². The number of ether oxygens (including phenoxy) is 1. The van der Waals surface area contributed by atoms with Crippen LogP contribution in [0.5, 0.6) is 0 Å². The van der Waals surface area contributed by atoms with Gasteiger partial charge in [-0.05, 0) is 38.8 Å². The summed E-state index contributed by atoms with van der Waals surface area (Å²) in [5.74, 6) is 0. The molecule has 1 aromatic rings. The number of amides is 1. The molecule has 0 saturated carbocycles. The second-order valence-electron chi connectivity index (χ2n) is 5.91. The number of hydrogen-bond donors (Lipinski definition) is 2. The van der Waals surface area contributed by atoms with E-state index in [4.69, 9.17) is 10.5 Å². The third kappa shape index (κ3) is 6.93. The molecule has 0 spiro atoms. The van der Waals surface area contributed by atoms with Crippen molar-refractivity contribution in [3.63, 3.8) is 0 Å². The first-order valence-corrected chi connectivity index (χ1v) is 8.17. The van der Waals surface area contributed by atoms with Gasteiger partial charge in [-0.2, -0.15) is 0 Å². The van der Waals surface area contributed by atoms with Crippen LogP contribution in [0.2, 0.25) is 0 Å². The Hall–Kier alpha value is -1.11. The summed E-state index contributed by atoms with van der Waals surface area (Å²) in [6, 6.07) is 4.26. The van der Waals surface area contributed by atoms with Crippen LogP contribution in [0.1, 0.15) is 32.6 Å². The van der Waals surface area contributed by atoms with Gasteiger partial charge in [0.2, 0.25) is 0 Å². The third-order valence-corrected chi connectivity index (χ3v) is 3.88. The van der Waals surface area contributed by atoms with Crippen LogP contribution in [0, 0.1) is 0 Å². The molecule has 0 bridgehead atoms. The van der Waals surface area contributed by atoms with Crippen molar-refractivity contribution >= 4 is 17.4 Å². The predicted octanol–water partition coefficient (Wildman–Crippen LogP) is 2.42. The highest BCUT2D eigenvalue weighted by atomic mass is 32.1. The lowest BCUT2D eigenvalue weighted by molar-refractivity contribution is 0.0507. The number of likely N-dealkylation sites (N-methyl/N-ethyl adjacent to an activating group) is 1. The third-order valence-electron chi connectivity index (χ3n) is 3.01. The highest BCUT2D eigenvalue weighted by molar-refractivity contribution is 7.09. The predicted molar refractivity (Wildman–Crippen MR) is 87.5 cm³/mol. The van der Waals surface area contributed by atoms with Crippen LogP contribution >= 0.6 is 11.3 Å². The quantitative estimate of drug-likeness (QED) is 0.811. The topological polar surface area (TPSA) is 67.6 Å². The van der Waals surface area contributed by atoms with E-state index in [0.29, 0.717) is 13.1 Å². The monoisotopic (exact) mass is 313 g/mol. The van der Waals surface area contributed by atoms with Gasteiger partial charge < -0.3 is 15.8 Å². The van der Waals surface area contributed by atoms with E-state index in [1.165, 1.54) is 4.88 Å². The Balaban J connectivity index is 2.50. The molecule has 120 valence electrons. The fourth-order valence-electron chi connectivity index (χ4n) is 1.98. The fraction of sp³-hybridized carbons (Fsp3) is 0.667. The summed E-state index contributed by atoms with van der Waals surface area (Å²) in [4.78, 5) is 15.3. The maximum atomic E-state index is 11.7. The molecule has 3 N–H and O–H groups in total. The molecule has 0 aliphatic heterocycles. The van der Waals surface area contributed by atoms with Crippen molar-refractivity contribution in [1.29, 1.82) is 0 Å². The first-order valence-electron chi connectivity index (χ1n) is 7.29. The summed E-state index contributed by atoms with van der Waals surface area (Å²) < 4.78 is 5.24. The maximum absolute atomic E-state index is 11.7. The Morgan fingerprint density at radius 3 is 2.71 bits per heavy atom. The zero-order valence-corrected chi connectivity index (χ0v) is 14.2. The van der Waals surface area contributed by atoms with Gasteiger partial charge in [-0.1, -0.05) is 13.0 Å². The molecule has 0 radical (unpaired) electrons. The van der Waals surface area contributed by atoms with Crippen molar-refractivity contribution < 1.29 is 9.53 Å². The minimum atomic E-state index is -0.482. The molecule has 1 rings (SSSR count). The van der Waals surface area contributed by atoms with Crippen LogP contribution in [-0.4, -0.2) is 42.3 Å². The maximum Gasteiger partial charge on any atom is 0.407 e. The SMILES string of the molecule is CCN(Cc1cccs1)C(CN)CNC(=O)OC(C)(C)C. The van der Waals surface area contributed by atoms with E-state index in [-0.39, 0.29) is 6.04 Å². The summed E-state index contributed by atoms with van der Waals surface area (Å²) >= 11 is 1.73.